The summed E-state index contributed by atoms with van der Waals surface area (Å²) < 4.78 is 24.1. The van der Waals surface area contributed by atoms with E-state index >= 15 is 0 Å². The first-order valence-electron chi connectivity index (χ1n) is 12.0. The van der Waals surface area contributed by atoms with E-state index in [1.807, 2.05) is 74.5 Å². The van der Waals surface area contributed by atoms with Gasteiger partial charge in [-0.1, -0.05) is 74.5 Å². The van der Waals surface area contributed by atoms with Crippen LogP contribution in [0.5, 0.6) is 0 Å². The second kappa shape index (κ2) is 13.2. The number of carbonyl (C=O) groups excluding carboxylic acids is 2. The molecule has 0 spiro atoms. The highest BCUT2D eigenvalue weighted by molar-refractivity contribution is 7.25. The van der Waals surface area contributed by atoms with Crippen LogP contribution in [0.1, 0.15) is 41.8 Å². The second-order valence-electron chi connectivity index (χ2n) is 9.25. The van der Waals surface area contributed by atoms with Gasteiger partial charge in [0.25, 0.3) is 5.91 Å². The molecule has 3 unspecified atom stereocenters. The maximum atomic E-state index is 13.2. The topological polar surface area (TPSA) is 81.7 Å². The monoisotopic (exact) mass is 507 g/mol. The van der Waals surface area contributed by atoms with Crippen molar-refractivity contribution in [3.05, 3.63) is 102 Å². The predicted molar refractivity (Wildman–Crippen MR) is 144 cm³/mol. The maximum absolute atomic E-state index is 13.2. The summed E-state index contributed by atoms with van der Waals surface area (Å²) in [6.07, 6.45) is 0.773. The molecule has 1 N–H and O–H groups in total. The van der Waals surface area contributed by atoms with Gasteiger partial charge in [0.05, 0.1) is 14.4 Å². The van der Waals surface area contributed by atoms with Gasteiger partial charge in [-0.05, 0) is 47.7 Å². The van der Waals surface area contributed by atoms with E-state index in [9.17, 15) is 14.2 Å². The first-order chi connectivity index (χ1) is 17.4. The average Bonchev–Trinajstić information content (AvgIpc) is 2.91. The molecule has 0 saturated heterocycles. The molecule has 36 heavy (non-hydrogen) atoms. The van der Waals surface area contributed by atoms with E-state index < -0.39 is 25.7 Å². The number of esters is 1. The maximum Gasteiger partial charge on any atom is 0.312 e. The number of nitrogens with one attached hydrogen (secondary N) is 1. The number of methoxy groups -OCH3 is 1. The van der Waals surface area contributed by atoms with Gasteiger partial charge in [-0.3, -0.25) is 9.59 Å². The van der Waals surface area contributed by atoms with E-state index in [-0.39, 0.29) is 24.9 Å². The Labute approximate surface area is 214 Å². The summed E-state index contributed by atoms with van der Waals surface area (Å²) in [5.74, 6) is -1.12. The fraction of sp³-hybridized carbons (Fsp3) is 0.310. The molecule has 6 nitrogen and oxygen atoms in total. The summed E-state index contributed by atoms with van der Waals surface area (Å²) in [6.45, 7) is 4.18. The van der Waals surface area contributed by atoms with Gasteiger partial charge >= 0.3 is 5.97 Å². The number of rotatable bonds is 12. The SMILES string of the molecule is COC(Cc1ccc(NC(=O)c2ccccc2)cc1)([PH2]=O)C(CC(C)C)C(=O)OCc1ccccc1. The lowest BCUT2D eigenvalue weighted by atomic mass is 9.87. The minimum atomic E-state index is -1.46. The largest absolute Gasteiger partial charge is 0.461 e. The van der Waals surface area contributed by atoms with Crippen molar-refractivity contribution in [3.63, 3.8) is 0 Å². The van der Waals surface area contributed by atoms with Gasteiger partial charge in [0.2, 0.25) is 0 Å². The molecule has 3 atom stereocenters. The number of amides is 1. The Morgan fingerprint density at radius 3 is 2.06 bits per heavy atom. The van der Waals surface area contributed by atoms with Gasteiger partial charge in [-0.25, -0.2) is 0 Å². The van der Waals surface area contributed by atoms with Gasteiger partial charge < -0.3 is 19.4 Å². The summed E-state index contributed by atoms with van der Waals surface area (Å²) >= 11 is 0. The van der Waals surface area contributed by atoms with Crippen molar-refractivity contribution < 1.29 is 23.6 Å². The first kappa shape index (κ1) is 27.4. The molecule has 0 heterocycles. The molecule has 0 fully saturated rings. The van der Waals surface area contributed by atoms with Crippen LogP contribution in [0.2, 0.25) is 0 Å². The number of ether oxygens (including phenoxy) is 2. The molecular weight excluding hydrogens is 473 g/mol. The van der Waals surface area contributed by atoms with Crippen LogP contribution in [0, 0.1) is 11.8 Å². The molecule has 0 radical (unpaired) electrons. The summed E-state index contributed by atoms with van der Waals surface area (Å²) in [7, 11) is 0.0366. The van der Waals surface area contributed by atoms with E-state index in [1.54, 1.807) is 24.3 Å². The minimum absolute atomic E-state index is 0.151. The average molecular weight is 508 g/mol. The van der Waals surface area contributed by atoms with Crippen molar-refractivity contribution in [1.29, 1.82) is 0 Å². The highest BCUT2D eigenvalue weighted by atomic mass is 31.1. The lowest BCUT2D eigenvalue weighted by Gasteiger charge is -2.35. The van der Waals surface area contributed by atoms with E-state index in [0.29, 0.717) is 17.7 Å². The molecule has 0 saturated carbocycles. The number of benzene rings is 3. The normalized spacial score (nSPS) is 13.9. The van der Waals surface area contributed by atoms with Gasteiger partial charge in [0.15, 0.2) is 0 Å². The van der Waals surface area contributed by atoms with E-state index in [0.717, 1.165) is 11.1 Å². The molecule has 190 valence electrons. The van der Waals surface area contributed by atoms with Gasteiger partial charge in [0, 0.05) is 24.8 Å². The summed E-state index contributed by atoms with van der Waals surface area (Å²) in [5, 5.41) is 1.70. The third-order valence-electron chi connectivity index (χ3n) is 6.11. The van der Waals surface area contributed by atoms with Gasteiger partial charge in [0.1, 0.15) is 11.9 Å². The molecular formula is C29H34NO5P. The lowest BCUT2D eigenvalue weighted by Crippen LogP contribution is -2.43. The van der Waals surface area contributed by atoms with Crippen LogP contribution in [0.4, 0.5) is 5.69 Å². The fourth-order valence-electron chi connectivity index (χ4n) is 4.12. The number of carbonyl (C=O) groups is 2. The Hall–Kier alpha value is -3.21. The Balaban J connectivity index is 1.75. The third kappa shape index (κ3) is 7.39. The molecule has 0 aromatic heterocycles. The minimum Gasteiger partial charge on any atom is -0.461 e. The number of anilines is 1. The summed E-state index contributed by atoms with van der Waals surface area (Å²) in [4.78, 5) is 25.7. The van der Waals surface area contributed by atoms with Crippen molar-refractivity contribution in [1.82, 2.24) is 0 Å². The number of hydrogen-bond donors (Lipinski definition) is 1. The van der Waals surface area contributed by atoms with E-state index in [4.69, 9.17) is 9.47 Å². The quantitative estimate of drug-likeness (QED) is 0.241. The Kier molecular flexibility index (Phi) is 10.0. The van der Waals surface area contributed by atoms with Crippen molar-refractivity contribution in [3.8, 4) is 0 Å². The zero-order chi connectivity index (χ0) is 26.0. The van der Waals surface area contributed by atoms with Gasteiger partial charge in [-0.15, -0.1) is 0 Å². The molecule has 3 aromatic carbocycles. The van der Waals surface area contributed by atoms with Crippen LogP contribution < -0.4 is 5.32 Å². The Morgan fingerprint density at radius 1 is 0.889 bits per heavy atom. The van der Waals surface area contributed by atoms with Crippen LogP contribution in [-0.2, 0) is 31.9 Å². The van der Waals surface area contributed by atoms with Crippen molar-refractivity contribution in [2.45, 2.75) is 38.6 Å². The predicted octanol–water partition coefficient (Wildman–Crippen LogP) is 5.99. The van der Waals surface area contributed by atoms with Crippen LogP contribution in [0.25, 0.3) is 0 Å². The molecule has 7 heteroatoms. The zero-order valence-corrected chi connectivity index (χ0v) is 22.1. The Morgan fingerprint density at radius 2 is 1.50 bits per heavy atom. The van der Waals surface area contributed by atoms with E-state index in [1.165, 1.54) is 7.11 Å². The van der Waals surface area contributed by atoms with Crippen molar-refractivity contribution in [2.75, 3.05) is 12.4 Å². The highest BCUT2D eigenvalue weighted by Gasteiger charge is 2.44. The molecule has 3 rings (SSSR count). The molecule has 0 aliphatic heterocycles. The molecule has 1 amide bonds. The third-order valence-corrected chi connectivity index (χ3v) is 7.35. The van der Waals surface area contributed by atoms with Crippen LogP contribution in [0.15, 0.2) is 84.9 Å². The Bertz CT molecular complexity index is 1140. The van der Waals surface area contributed by atoms with E-state index in [2.05, 4.69) is 5.32 Å². The first-order valence-corrected chi connectivity index (χ1v) is 13.1. The molecule has 3 aromatic rings. The van der Waals surface area contributed by atoms with Gasteiger partial charge in [-0.2, -0.15) is 0 Å². The highest BCUT2D eigenvalue weighted by Crippen LogP contribution is 2.40. The van der Waals surface area contributed by atoms with Crippen molar-refractivity contribution in [2.24, 2.45) is 11.8 Å². The standard InChI is InChI=1S/C29H34NO5P/c1-21(2)18-26(28(32)35-20-23-10-6-4-7-11-23)29(34-3,36-33)19-22-14-16-25(17-15-22)30-27(31)24-12-8-5-9-13-24/h4-17,21,26H,18-20,36H2,1-3H3,(H,30,31). The van der Waals surface area contributed by atoms with Crippen molar-refractivity contribution >= 4 is 26.0 Å². The van der Waals surface area contributed by atoms with Crippen LogP contribution >= 0.6 is 8.46 Å². The lowest BCUT2D eigenvalue weighted by molar-refractivity contribution is -0.158. The number of hydrogen-bond acceptors (Lipinski definition) is 5. The zero-order valence-electron chi connectivity index (χ0n) is 21.0. The second-order valence-corrected chi connectivity index (χ2v) is 10.5. The molecule has 0 aliphatic carbocycles. The summed E-state index contributed by atoms with van der Waals surface area (Å²) in [5.41, 5.74) is 2.95. The summed E-state index contributed by atoms with van der Waals surface area (Å²) in [6, 6.07) is 25.7. The smallest absolute Gasteiger partial charge is 0.312 e. The molecule has 0 aliphatic rings. The molecule has 0 bridgehead atoms. The fourth-order valence-corrected chi connectivity index (χ4v) is 4.97. The van der Waals surface area contributed by atoms with Crippen LogP contribution in [0.3, 0.4) is 0 Å². The van der Waals surface area contributed by atoms with Crippen LogP contribution in [-0.4, -0.2) is 24.3 Å².